The molecule has 7 nitrogen and oxygen atoms in total. The minimum Gasteiger partial charge on any atom is -0.258 e. The molecule has 0 aliphatic rings. The number of nitrogens with zero attached hydrogens (tertiary/aromatic N) is 2. The molecule has 0 aromatic carbocycles. The maximum Gasteiger partial charge on any atom is 0.303 e. The van der Waals surface area contributed by atoms with Crippen molar-refractivity contribution in [2.24, 2.45) is 5.14 Å². The van der Waals surface area contributed by atoms with E-state index in [0.717, 1.165) is 12.4 Å². The largest absolute Gasteiger partial charge is 0.303 e. The van der Waals surface area contributed by atoms with Crippen LogP contribution in [0.2, 0.25) is 0 Å². The zero-order valence-electron chi connectivity index (χ0n) is 6.55. The molecular weight excluding hydrogens is 278 g/mol. The second kappa shape index (κ2) is 3.59. The Bertz CT molecular complexity index is 486. The van der Waals surface area contributed by atoms with Gasteiger partial charge < -0.3 is 0 Å². The lowest BCUT2D eigenvalue weighted by Gasteiger charge is -2.00. The van der Waals surface area contributed by atoms with Gasteiger partial charge in [-0.3, -0.25) is 15.1 Å². The molecule has 1 rings (SSSR count). The quantitative estimate of drug-likeness (QED) is 0.622. The lowest BCUT2D eigenvalue weighted by Crippen LogP contribution is -2.13. The van der Waals surface area contributed by atoms with Gasteiger partial charge in [0.05, 0.1) is 4.92 Å². The van der Waals surface area contributed by atoms with Crippen molar-refractivity contribution in [2.75, 3.05) is 0 Å². The molecule has 1 heterocycles. The van der Waals surface area contributed by atoms with Crippen molar-refractivity contribution < 1.29 is 13.3 Å². The summed E-state index contributed by atoms with van der Waals surface area (Å²) in [4.78, 5) is 12.6. The van der Waals surface area contributed by atoms with Crippen LogP contribution in [0.1, 0.15) is 0 Å². The van der Waals surface area contributed by atoms with Crippen molar-refractivity contribution in [1.29, 1.82) is 0 Å². The Kier molecular flexibility index (Phi) is 2.83. The summed E-state index contributed by atoms with van der Waals surface area (Å²) in [5, 5.41) is 15.2. The third-order valence-electron chi connectivity index (χ3n) is 1.33. The first-order valence-electron chi connectivity index (χ1n) is 3.14. The molecule has 0 saturated heterocycles. The zero-order valence-corrected chi connectivity index (χ0v) is 8.95. The monoisotopic (exact) mass is 281 g/mol. The third kappa shape index (κ3) is 2.05. The molecule has 0 saturated carbocycles. The van der Waals surface area contributed by atoms with Gasteiger partial charge in [-0.05, 0) is 15.9 Å². The summed E-state index contributed by atoms with van der Waals surface area (Å²) in [7, 11) is -4.00. The normalized spacial score (nSPS) is 11.3. The highest BCUT2D eigenvalue weighted by Gasteiger charge is 2.21. The van der Waals surface area contributed by atoms with E-state index in [2.05, 4.69) is 20.9 Å². The van der Waals surface area contributed by atoms with Gasteiger partial charge in [-0.15, -0.1) is 0 Å². The molecule has 0 spiro atoms. The molecule has 0 unspecified atom stereocenters. The van der Waals surface area contributed by atoms with E-state index < -0.39 is 25.5 Å². The van der Waals surface area contributed by atoms with Gasteiger partial charge in [-0.25, -0.2) is 13.6 Å². The molecule has 1 aromatic rings. The van der Waals surface area contributed by atoms with Crippen LogP contribution in [0.3, 0.4) is 0 Å². The van der Waals surface area contributed by atoms with Crippen LogP contribution in [-0.2, 0) is 10.0 Å². The second-order valence-electron chi connectivity index (χ2n) is 2.27. The van der Waals surface area contributed by atoms with Crippen LogP contribution in [0.25, 0.3) is 0 Å². The smallest absolute Gasteiger partial charge is 0.258 e. The summed E-state index contributed by atoms with van der Waals surface area (Å²) < 4.78 is 21.6. The first-order chi connectivity index (χ1) is 6.34. The fourth-order valence-electron chi connectivity index (χ4n) is 0.741. The Morgan fingerprint density at radius 2 is 2.07 bits per heavy atom. The number of nitrogens with two attached hydrogens (primary N) is 1. The summed E-state index contributed by atoms with van der Waals surface area (Å²) in [6, 6.07) is 0. The molecule has 0 aliphatic carbocycles. The first-order valence-corrected chi connectivity index (χ1v) is 5.48. The molecular formula is C5H4BrN3O4S. The zero-order chi connectivity index (χ0) is 10.9. The minimum atomic E-state index is -4.00. The molecule has 14 heavy (non-hydrogen) atoms. The van der Waals surface area contributed by atoms with Crippen molar-refractivity contribution in [3.63, 3.8) is 0 Å². The second-order valence-corrected chi connectivity index (χ2v) is 4.60. The van der Waals surface area contributed by atoms with Crippen LogP contribution in [0.15, 0.2) is 21.8 Å². The molecule has 0 bridgehead atoms. The van der Waals surface area contributed by atoms with E-state index in [1.807, 2.05) is 0 Å². The average Bonchev–Trinajstić information content (AvgIpc) is 2.01. The fraction of sp³-hybridized carbons (Fsp3) is 0. The van der Waals surface area contributed by atoms with Gasteiger partial charge in [0.1, 0.15) is 15.6 Å². The van der Waals surface area contributed by atoms with Crippen LogP contribution in [0, 0.1) is 10.1 Å². The fourth-order valence-corrected chi connectivity index (χ4v) is 2.33. The van der Waals surface area contributed by atoms with Gasteiger partial charge >= 0.3 is 5.69 Å². The van der Waals surface area contributed by atoms with E-state index in [-0.39, 0.29) is 4.47 Å². The minimum absolute atomic E-state index is 0.194. The number of hydrogen-bond acceptors (Lipinski definition) is 5. The summed E-state index contributed by atoms with van der Waals surface area (Å²) >= 11 is 2.78. The topological polar surface area (TPSA) is 116 Å². The Balaban J connectivity index is 3.51. The average molecular weight is 282 g/mol. The van der Waals surface area contributed by atoms with Gasteiger partial charge in [0.2, 0.25) is 10.0 Å². The van der Waals surface area contributed by atoms with E-state index in [9.17, 15) is 18.5 Å². The Morgan fingerprint density at radius 1 is 1.50 bits per heavy atom. The van der Waals surface area contributed by atoms with E-state index in [1.54, 1.807) is 0 Å². The van der Waals surface area contributed by atoms with Crippen molar-refractivity contribution >= 4 is 31.6 Å². The van der Waals surface area contributed by atoms with E-state index >= 15 is 0 Å². The highest BCUT2D eigenvalue weighted by Crippen LogP contribution is 2.29. The number of hydrogen-bond donors (Lipinski definition) is 1. The molecule has 0 amide bonds. The highest BCUT2D eigenvalue weighted by atomic mass is 79.9. The molecule has 0 fully saturated rings. The van der Waals surface area contributed by atoms with Crippen molar-refractivity contribution in [3.8, 4) is 0 Å². The van der Waals surface area contributed by atoms with Crippen LogP contribution >= 0.6 is 15.9 Å². The molecule has 2 N–H and O–H groups in total. The predicted molar refractivity (Wildman–Crippen MR) is 50.0 cm³/mol. The van der Waals surface area contributed by atoms with Gasteiger partial charge in [0.15, 0.2) is 0 Å². The number of aromatic nitrogens is 1. The van der Waals surface area contributed by atoms with Crippen molar-refractivity contribution in [3.05, 3.63) is 27.0 Å². The molecule has 0 radical (unpaired) electrons. The van der Waals surface area contributed by atoms with Gasteiger partial charge in [0, 0.05) is 6.20 Å². The lowest BCUT2D eigenvalue weighted by molar-refractivity contribution is -0.386. The molecule has 0 atom stereocenters. The third-order valence-corrected chi connectivity index (χ3v) is 3.35. The Morgan fingerprint density at radius 3 is 2.50 bits per heavy atom. The van der Waals surface area contributed by atoms with Crippen LogP contribution in [0.4, 0.5) is 5.69 Å². The van der Waals surface area contributed by atoms with Crippen LogP contribution < -0.4 is 5.14 Å². The number of nitro groups is 1. The molecule has 0 aliphatic heterocycles. The molecule has 9 heteroatoms. The van der Waals surface area contributed by atoms with Gasteiger partial charge in [0.25, 0.3) is 0 Å². The summed E-state index contributed by atoms with van der Waals surface area (Å²) in [5.41, 5.74) is -0.448. The molecule has 1 aromatic heterocycles. The van der Waals surface area contributed by atoms with Crippen molar-refractivity contribution in [1.82, 2.24) is 4.98 Å². The van der Waals surface area contributed by atoms with Gasteiger partial charge in [-0.1, -0.05) is 0 Å². The highest BCUT2D eigenvalue weighted by molar-refractivity contribution is 9.10. The van der Waals surface area contributed by atoms with E-state index in [4.69, 9.17) is 5.14 Å². The Hall–Kier alpha value is -1.06. The van der Waals surface area contributed by atoms with Crippen LogP contribution in [0.5, 0.6) is 0 Å². The SMILES string of the molecule is NS(=O)(=O)c1cncc([N+](=O)[O-])c1Br. The maximum absolute atomic E-state index is 10.9. The first kappa shape index (κ1) is 11.0. The summed E-state index contributed by atoms with van der Waals surface area (Å²) in [6.45, 7) is 0. The standard InChI is InChI=1S/C5H4BrN3O4S/c6-5-3(9(10)11)1-8-2-4(5)14(7,12)13/h1-2H,(H2,7,12,13). The van der Waals surface area contributed by atoms with Gasteiger partial charge in [-0.2, -0.15) is 0 Å². The van der Waals surface area contributed by atoms with E-state index in [0.29, 0.717) is 0 Å². The summed E-state index contributed by atoms with van der Waals surface area (Å²) in [5.74, 6) is 0. The number of halogens is 1. The molecule has 76 valence electrons. The lowest BCUT2D eigenvalue weighted by atomic mass is 10.4. The number of rotatable bonds is 2. The van der Waals surface area contributed by atoms with Crippen molar-refractivity contribution in [2.45, 2.75) is 4.90 Å². The predicted octanol–water partition coefficient (Wildman–Crippen LogP) is 0.400. The number of primary sulfonamides is 1. The maximum atomic E-state index is 10.9. The Labute approximate surface area is 87.3 Å². The summed E-state index contributed by atoms with van der Waals surface area (Å²) in [6.07, 6.45) is 1.87. The number of pyridine rings is 1. The number of sulfonamides is 1. The van der Waals surface area contributed by atoms with E-state index in [1.165, 1.54) is 0 Å². The van der Waals surface area contributed by atoms with Crippen LogP contribution in [-0.4, -0.2) is 18.3 Å².